The summed E-state index contributed by atoms with van der Waals surface area (Å²) in [7, 11) is -3.20. The zero-order valence-electron chi connectivity index (χ0n) is 28.3. The normalized spacial score (nSPS) is 14.7. The minimum atomic E-state index is -4.41. The third-order valence-electron chi connectivity index (χ3n) is 8.66. The lowest BCUT2D eigenvalue weighted by atomic mass is 10.1. The van der Waals surface area contributed by atoms with Crippen molar-refractivity contribution in [2.45, 2.75) is 45.9 Å². The summed E-state index contributed by atoms with van der Waals surface area (Å²) in [5.74, 6) is 1.26. The highest BCUT2D eigenvalue weighted by molar-refractivity contribution is 7.53. The predicted molar refractivity (Wildman–Crippen MR) is 189 cm³/mol. The molecule has 0 amide bonds. The zero-order chi connectivity index (χ0) is 35.1. The Bertz CT molecular complexity index is 1930. The molecule has 264 valence electrons. The van der Waals surface area contributed by atoms with E-state index in [-0.39, 0.29) is 6.16 Å². The van der Waals surface area contributed by atoms with Gasteiger partial charge in [-0.3, -0.25) is 14.4 Å². The molecule has 2 heterocycles. The number of nitrogens with zero attached hydrogens (tertiary/aromatic N) is 3. The summed E-state index contributed by atoms with van der Waals surface area (Å²) >= 11 is 0. The molecule has 0 radical (unpaired) electrons. The highest BCUT2D eigenvalue weighted by Gasteiger charge is 2.30. The van der Waals surface area contributed by atoms with Gasteiger partial charge in [0.2, 0.25) is 0 Å². The first-order valence-electron chi connectivity index (χ1n) is 16.9. The van der Waals surface area contributed by atoms with Gasteiger partial charge >= 0.3 is 13.8 Å². The summed E-state index contributed by atoms with van der Waals surface area (Å²) in [5.41, 5.74) is 5.32. The second-order valence-electron chi connectivity index (χ2n) is 12.4. The number of nitrogens with one attached hydrogen (secondary N) is 1. The molecule has 1 saturated heterocycles. The number of para-hydroxylation sites is 1. The summed E-state index contributed by atoms with van der Waals surface area (Å²) < 4.78 is 70.0. The fourth-order valence-electron chi connectivity index (χ4n) is 6.24. The van der Waals surface area contributed by atoms with Crippen molar-refractivity contribution in [2.24, 2.45) is 0 Å². The number of imidazole rings is 1. The van der Waals surface area contributed by atoms with Crippen LogP contribution in [0.15, 0.2) is 91.0 Å². The minimum absolute atomic E-state index is 0.215. The molecule has 12 heteroatoms. The number of benzene rings is 4. The van der Waals surface area contributed by atoms with Gasteiger partial charge in [-0.1, -0.05) is 60.7 Å². The quantitative estimate of drug-likeness (QED) is 0.116. The van der Waals surface area contributed by atoms with E-state index in [1.54, 1.807) is 6.07 Å². The molecule has 1 N–H and O–H groups in total. The standard InChI is InChI=1S/C38H42F3N4O4P/c1-3-48-50(46,49-4-2)27-30-10-7-9-29(21-30)26-47-36-14-6-5-11-32(36)25-45-19-17-44(18-20-45)24-28-15-16-34-35(22-28)43-37(42-34)31-12-8-13-33(23-31)38(39,40)41/h5-16,21-23H,3-4,17-20,24-27H2,1-2H3,(H,42,43). The molecule has 0 spiro atoms. The fraction of sp³-hybridized carbons (Fsp3) is 0.342. The van der Waals surface area contributed by atoms with Crippen LogP contribution in [0.25, 0.3) is 22.4 Å². The Morgan fingerprint density at radius 3 is 2.22 bits per heavy atom. The monoisotopic (exact) mass is 706 g/mol. The molecule has 0 bridgehead atoms. The molecule has 6 rings (SSSR count). The van der Waals surface area contributed by atoms with Gasteiger partial charge < -0.3 is 18.8 Å². The van der Waals surface area contributed by atoms with E-state index in [0.717, 1.165) is 84.9 Å². The van der Waals surface area contributed by atoms with Gasteiger partial charge in [0.25, 0.3) is 0 Å². The zero-order valence-corrected chi connectivity index (χ0v) is 29.2. The van der Waals surface area contributed by atoms with Gasteiger partial charge in [0.15, 0.2) is 0 Å². The Morgan fingerprint density at radius 2 is 1.48 bits per heavy atom. The Labute approximate surface area is 290 Å². The van der Waals surface area contributed by atoms with Crippen molar-refractivity contribution in [3.63, 3.8) is 0 Å². The molecule has 5 aromatic rings. The lowest BCUT2D eigenvalue weighted by Gasteiger charge is -2.35. The van der Waals surface area contributed by atoms with E-state index in [1.807, 2.05) is 74.5 Å². The predicted octanol–water partition coefficient (Wildman–Crippen LogP) is 8.91. The summed E-state index contributed by atoms with van der Waals surface area (Å²) in [6.45, 7) is 9.81. The van der Waals surface area contributed by atoms with Gasteiger partial charge in [0.05, 0.1) is 36.0 Å². The van der Waals surface area contributed by atoms with E-state index >= 15 is 0 Å². The summed E-state index contributed by atoms with van der Waals surface area (Å²) in [6.07, 6.45) is -4.19. The molecule has 1 aliphatic heterocycles. The second-order valence-corrected chi connectivity index (χ2v) is 14.4. The lowest BCUT2D eigenvalue weighted by molar-refractivity contribution is -0.137. The number of rotatable bonds is 14. The van der Waals surface area contributed by atoms with Crippen LogP contribution in [-0.4, -0.2) is 59.2 Å². The number of halogens is 3. The summed E-state index contributed by atoms with van der Waals surface area (Å²) in [6, 6.07) is 27.2. The molecule has 0 unspecified atom stereocenters. The number of piperazine rings is 1. The van der Waals surface area contributed by atoms with E-state index in [9.17, 15) is 17.7 Å². The van der Waals surface area contributed by atoms with Crippen LogP contribution in [0.5, 0.6) is 5.75 Å². The van der Waals surface area contributed by atoms with E-state index in [2.05, 4.69) is 25.8 Å². The number of hydrogen-bond acceptors (Lipinski definition) is 7. The van der Waals surface area contributed by atoms with Crippen LogP contribution in [0.2, 0.25) is 0 Å². The molecule has 4 aromatic carbocycles. The lowest BCUT2D eigenvalue weighted by Crippen LogP contribution is -2.45. The molecule has 1 aromatic heterocycles. The highest BCUT2D eigenvalue weighted by Crippen LogP contribution is 2.51. The Hall–Kier alpha value is -3.99. The fourth-order valence-corrected chi connectivity index (χ4v) is 7.93. The largest absolute Gasteiger partial charge is 0.489 e. The van der Waals surface area contributed by atoms with Crippen LogP contribution in [-0.2, 0) is 45.6 Å². The molecule has 0 aliphatic carbocycles. The van der Waals surface area contributed by atoms with Gasteiger partial charge in [0.1, 0.15) is 18.2 Å². The molecule has 0 atom stereocenters. The number of fused-ring (bicyclic) bond motifs is 1. The maximum atomic E-state index is 13.2. The molecule has 1 fully saturated rings. The van der Waals surface area contributed by atoms with E-state index in [4.69, 9.17) is 13.8 Å². The van der Waals surface area contributed by atoms with Gasteiger partial charge in [-0.15, -0.1) is 0 Å². The SMILES string of the molecule is CCOP(=O)(Cc1cccc(COc2ccccc2CN2CCN(Cc3ccc4nc(-c5cccc(C(F)(F)F)c5)[nH]c4c3)CC2)c1)OCC. The van der Waals surface area contributed by atoms with Gasteiger partial charge in [0, 0.05) is 50.4 Å². The number of aromatic nitrogens is 2. The average molecular weight is 707 g/mol. The van der Waals surface area contributed by atoms with Crippen molar-refractivity contribution in [2.75, 3.05) is 39.4 Å². The van der Waals surface area contributed by atoms with Crippen molar-refractivity contribution in [1.29, 1.82) is 0 Å². The number of alkyl halides is 3. The topological polar surface area (TPSA) is 79.9 Å². The van der Waals surface area contributed by atoms with Gasteiger partial charge in [-0.2, -0.15) is 13.2 Å². The first-order chi connectivity index (χ1) is 24.1. The maximum Gasteiger partial charge on any atom is 0.416 e. The van der Waals surface area contributed by atoms with Crippen LogP contribution in [0.1, 0.15) is 41.7 Å². The average Bonchev–Trinajstić information content (AvgIpc) is 3.52. The van der Waals surface area contributed by atoms with Crippen molar-refractivity contribution in [3.8, 4) is 17.1 Å². The molecule has 8 nitrogen and oxygen atoms in total. The Balaban J connectivity index is 1.02. The van der Waals surface area contributed by atoms with E-state index < -0.39 is 19.3 Å². The molecular weight excluding hydrogens is 664 g/mol. The van der Waals surface area contributed by atoms with Crippen LogP contribution in [0, 0.1) is 0 Å². The molecule has 50 heavy (non-hydrogen) atoms. The molecular formula is C38H42F3N4O4P. The smallest absolute Gasteiger partial charge is 0.416 e. The maximum absolute atomic E-state index is 13.2. The van der Waals surface area contributed by atoms with Crippen molar-refractivity contribution in [3.05, 3.63) is 119 Å². The van der Waals surface area contributed by atoms with Gasteiger partial charge in [-0.05, 0) is 60.9 Å². The number of hydrogen-bond donors (Lipinski definition) is 1. The Morgan fingerprint density at radius 1 is 0.780 bits per heavy atom. The summed E-state index contributed by atoms with van der Waals surface area (Å²) in [5, 5.41) is 0. The Kier molecular flexibility index (Phi) is 11.4. The van der Waals surface area contributed by atoms with Crippen LogP contribution in [0.4, 0.5) is 13.2 Å². The second kappa shape index (κ2) is 15.9. The van der Waals surface area contributed by atoms with Gasteiger partial charge in [-0.25, -0.2) is 4.98 Å². The van der Waals surface area contributed by atoms with Crippen LogP contribution in [0.3, 0.4) is 0 Å². The van der Waals surface area contributed by atoms with Crippen LogP contribution >= 0.6 is 7.60 Å². The molecule has 0 saturated carbocycles. The number of ether oxygens (including phenoxy) is 1. The highest BCUT2D eigenvalue weighted by atomic mass is 31.2. The third-order valence-corrected chi connectivity index (χ3v) is 10.7. The summed E-state index contributed by atoms with van der Waals surface area (Å²) in [4.78, 5) is 12.6. The van der Waals surface area contributed by atoms with Crippen LogP contribution < -0.4 is 4.74 Å². The number of H-pyrrole nitrogens is 1. The van der Waals surface area contributed by atoms with E-state index in [1.165, 1.54) is 6.07 Å². The first-order valence-corrected chi connectivity index (χ1v) is 18.6. The van der Waals surface area contributed by atoms with Crippen molar-refractivity contribution < 1.29 is 31.5 Å². The minimum Gasteiger partial charge on any atom is -0.489 e. The van der Waals surface area contributed by atoms with E-state index in [0.29, 0.717) is 36.7 Å². The van der Waals surface area contributed by atoms with Crippen molar-refractivity contribution >= 4 is 18.6 Å². The number of aromatic amines is 1. The van der Waals surface area contributed by atoms with Crippen molar-refractivity contribution in [1.82, 2.24) is 19.8 Å². The molecule has 1 aliphatic rings. The third kappa shape index (κ3) is 9.21. The first kappa shape index (κ1) is 35.8.